The predicted octanol–water partition coefficient (Wildman–Crippen LogP) is 2.62. The zero-order valence-electron chi connectivity index (χ0n) is 6.48. The monoisotopic (exact) mass is 229 g/mol. The molecule has 0 bridgehead atoms. The van der Waals surface area contributed by atoms with Gasteiger partial charge in [0.1, 0.15) is 5.82 Å². The molecule has 1 atom stereocenters. The van der Waals surface area contributed by atoms with Gasteiger partial charge in [-0.2, -0.15) is 0 Å². The van der Waals surface area contributed by atoms with Crippen molar-refractivity contribution in [1.82, 2.24) is 5.32 Å². The van der Waals surface area contributed by atoms with E-state index in [0.29, 0.717) is 6.04 Å². The molecule has 1 saturated heterocycles. The largest absolute Gasteiger partial charge is 0.310 e. The molecule has 0 aromatic heterocycles. The first-order chi connectivity index (χ1) is 5.75. The minimum atomic E-state index is -0.173. The van der Waals surface area contributed by atoms with Gasteiger partial charge >= 0.3 is 0 Å². The highest BCUT2D eigenvalue weighted by Crippen LogP contribution is 2.26. The number of halogens is 2. The molecule has 0 radical (unpaired) electrons. The van der Waals surface area contributed by atoms with Crippen molar-refractivity contribution in [2.45, 2.75) is 12.5 Å². The standard InChI is InChI=1S/C9H9BrFN/c10-7-3-6(4-8(11)5-7)9-1-2-12-9/h3-5,9,12H,1-2H2. The van der Waals surface area contributed by atoms with Gasteiger partial charge in [0.15, 0.2) is 0 Å². The minimum Gasteiger partial charge on any atom is -0.310 e. The van der Waals surface area contributed by atoms with Crippen molar-refractivity contribution in [2.24, 2.45) is 0 Å². The average molecular weight is 230 g/mol. The van der Waals surface area contributed by atoms with Crippen LogP contribution in [0.3, 0.4) is 0 Å². The van der Waals surface area contributed by atoms with E-state index in [2.05, 4.69) is 21.2 Å². The smallest absolute Gasteiger partial charge is 0.124 e. The number of nitrogens with one attached hydrogen (secondary N) is 1. The van der Waals surface area contributed by atoms with E-state index in [-0.39, 0.29) is 5.82 Å². The number of hydrogen-bond donors (Lipinski definition) is 1. The van der Waals surface area contributed by atoms with E-state index in [9.17, 15) is 4.39 Å². The first kappa shape index (κ1) is 8.20. The van der Waals surface area contributed by atoms with Gasteiger partial charge in [-0.05, 0) is 36.7 Å². The van der Waals surface area contributed by atoms with Crippen LogP contribution < -0.4 is 5.32 Å². The predicted molar refractivity (Wildman–Crippen MR) is 49.5 cm³/mol. The summed E-state index contributed by atoms with van der Waals surface area (Å²) in [4.78, 5) is 0. The molecule has 1 unspecified atom stereocenters. The van der Waals surface area contributed by atoms with Gasteiger partial charge in [-0.15, -0.1) is 0 Å². The maximum absolute atomic E-state index is 12.9. The van der Waals surface area contributed by atoms with E-state index in [1.165, 1.54) is 6.07 Å². The summed E-state index contributed by atoms with van der Waals surface area (Å²) < 4.78 is 13.7. The van der Waals surface area contributed by atoms with Gasteiger partial charge in [-0.1, -0.05) is 15.9 Å². The molecule has 0 amide bonds. The van der Waals surface area contributed by atoms with Crippen molar-refractivity contribution in [1.29, 1.82) is 0 Å². The van der Waals surface area contributed by atoms with E-state index in [0.717, 1.165) is 23.0 Å². The van der Waals surface area contributed by atoms with Crippen molar-refractivity contribution in [3.63, 3.8) is 0 Å². The quantitative estimate of drug-likeness (QED) is 0.781. The Morgan fingerprint density at radius 2 is 2.17 bits per heavy atom. The summed E-state index contributed by atoms with van der Waals surface area (Å²) in [6, 6.07) is 5.38. The first-order valence-electron chi connectivity index (χ1n) is 3.95. The Hall–Kier alpha value is -0.410. The van der Waals surface area contributed by atoms with Gasteiger partial charge in [-0.3, -0.25) is 0 Å². The molecule has 1 nitrogen and oxygen atoms in total. The molecule has 1 N–H and O–H groups in total. The summed E-state index contributed by atoms with van der Waals surface area (Å²) in [5, 5.41) is 3.23. The van der Waals surface area contributed by atoms with Gasteiger partial charge in [0.25, 0.3) is 0 Å². The van der Waals surface area contributed by atoms with Gasteiger partial charge in [0.2, 0.25) is 0 Å². The third kappa shape index (κ3) is 1.52. The summed E-state index contributed by atoms with van der Waals surface area (Å²) in [5.41, 5.74) is 1.04. The highest BCUT2D eigenvalue weighted by molar-refractivity contribution is 9.10. The lowest BCUT2D eigenvalue weighted by Crippen LogP contribution is -2.34. The van der Waals surface area contributed by atoms with E-state index >= 15 is 0 Å². The van der Waals surface area contributed by atoms with Crippen molar-refractivity contribution >= 4 is 15.9 Å². The van der Waals surface area contributed by atoms with Crippen molar-refractivity contribution < 1.29 is 4.39 Å². The van der Waals surface area contributed by atoms with Gasteiger partial charge in [0, 0.05) is 10.5 Å². The lowest BCUT2D eigenvalue weighted by molar-refractivity contribution is 0.381. The second-order valence-electron chi connectivity index (χ2n) is 3.00. The zero-order chi connectivity index (χ0) is 8.55. The Labute approximate surface area is 79.1 Å². The van der Waals surface area contributed by atoms with Crippen molar-refractivity contribution in [2.75, 3.05) is 6.54 Å². The van der Waals surface area contributed by atoms with Crippen LogP contribution >= 0.6 is 15.9 Å². The maximum atomic E-state index is 12.9. The Morgan fingerprint density at radius 3 is 2.67 bits per heavy atom. The summed E-state index contributed by atoms with van der Waals surface area (Å²) >= 11 is 3.27. The second kappa shape index (κ2) is 3.15. The molecule has 1 fully saturated rings. The number of rotatable bonds is 1. The SMILES string of the molecule is Fc1cc(Br)cc(C2CCN2)c1. The Bertz CT molecular complexity index is 276. The Kier molecular flexibility index (Phi) is 2.15. The van der Waals surface area contributed by atoms with Crippen LogP contribution in [0, 0.1) is 5.82 Å². The molecule has 64 valence electrons. The molecule has 1 aliphatic rings. The van der Waals surface area contributed by atoms with Crippen LogP contribution in [0.5, 0.6) is 0 Å². The Morgan fingerprint density at radius 1 is 1.42 bits per heavy atom. The minimum absolute atomic E-state index is 0.173. The van der Waals surface area contributed by atoms with E-state index in [1.807, 2.05) is 6.07 Å². The van der Waals surface area contributed by atoms with Crippen LogP contribution in [-0.2, 0) is 0 Å². The highest BCUT2D eigenvalue weighted by Gasteiger charge is 2.18. The summed E-state index contributed by atoms with van der Waals surface area (Å²) in [6.45, 7) is 1.04. The van der Waals surface area contributed by atoms with Crippen LogP contribution in [0.4, 0.5) is 4.39 Å². The molecular formula is C9H9BrFN. The fourth-order valence-corrected chi connectivity index (χ4v) is 1.83. The first-order valence-corrected chi connectivity index (χ1v) is 4.74. The van der Waals surface area contributed by atoms with Crippen molar-refractivity contribution in [3.8, 4) is 0 Å². The summed E-state index contributed by atoms with van der Waals surface area (Å²) in [7, 11) is 0. The molecule has 1 aromatic carbocycles. The van der Waals surface area contributed by atoms with Crippen molar-refractivity contribution in [3.05, 3.63) is 34.1 Å². The summed E-state index contributed by atoms with van der Waals surface area (Å²) in [6.07, 6.45) is 1.11. The molecule has 1 aliphatic heterocycles. The zero-order valence-corrected chi connectivity index (χ0v) is 8.07. The van der Waals surface area contributed by atoms with Crippen LogP contribution in [0.25, 0.3) is 0 Å². The molecule has 1 aromatic rings. The van der Waals surface area contributed by atoms with E-state index in [4.69, 9.17) is 0 Å². The van der Waals surface area contributed by atoms with Gasteiger partial charge in [0.05, 0.1) is 0 Å². The molecule has 2 rings (SSSR count). The van der Waals surface area contributed by atoms with Crippen LogP contribution in [0.1, 0.15) is 18.0 Å². The fourth-order valence-electron chi connectivity index (χ4n) is 1.35. The second-order valence-corrected chi connectivity index (χ2v) is 3.91. The lowest BCUT2D eigenvalue weighted by atomic mass is 9.98. The molecule has 0 aliphatic carbocycles. The molecule has 1 heterocycles. The van der Waals surface area contributed by atoms with Crippen LogP contribution in [-0.4, -0.2) is 6.54 Å². The Balaban J connectivity index is 2.30. The number of hydrogen-bond acceptors (Lipinski definition) is 1. The summed E-state index contributed by atoms with van der Waals surface area (Å²) in [5.74, 6) is -0.173. The fraction of sp³-hybridized carbons (Fsp3) is 0.333. The molecule has 0 saturated carbocycles. The van der Waals surface area contributed by atoms with E-state index < -0.39 is 0 Å². The lowest BCUT2D eigenvalue weighted by Gasteiger charge is -2.28. The average Bonchev–Trinajstić information content (AvgIpc) is 1.79. The molecule has 0 spiro atoms. The van der Waals surface area contributed by atoms with Gasteiger partial charge in [-0.25, -0.2) is 4.39 Å². The highest BCUT2D eigenvalue weighted by atomic mass is 79.9. The van der Waals surface area contributed by atoms with Crippen LogP contribution in [0.2, 0.25) is 0 Å². The third-order valence-corrected chi connectivity index (χ3v) is 2.57. The topological polar surface area (TPSA) is 12.0 Å². The van der Waals surface area contributed by atoms with E-state index in [1.54, 1.807) is 6.07 Å². The third-order valence-electron chi connectivity index (χ3n) is 2.11. The van der Waals surface area contributed by atoms with Gasteiger partial charge < -0.3 is 5.32 Å². The molecule has 12 heavy (non-hydrogen) atoms. The maximum Gasteiger partial charge on any atom is 0.124 e. The molecule has 3 heteroatoms. The van der Waals surface area contributed by atoms with Crippen LogP contribution in [0.15, 0.2) is 22.7 Å². The number of benzene rings is 1. The normalized spacial score (nSPS) is 22.0. The molecular weight excluding hydrogens is 221 g/mol.